The Balaban J connectivity index is 1.56. The minimum Gasteiger partial charge on any atom is -0.340 e. The predicted octanol–water partition coefficient (Wildman–Crippen LogP) is 3.68. The molecule has 0 bridgehead atoms. The smallest absolute Gasteiger partial charge is 0.266 e. The zero-order valence-electron chi connectivity index (χ0n) is 17.7. The number of carbonyl (C=O) groups is 2. The monoisotopic (exact) mass is 446 g/mol. The number of aryl methyl sites for hydroxylation is 1. The van der Waals surface area contributed by atoms with Crippen molar-refractivity contribution >= 4 is 39.1 Å². The van der Waals surface area contributed by atoms with Crippen molar-refractivity contribution in [3.63, 3.8) is 0 Å². The summed E-state index contributed by atoms with van der Waals surface area (Å²) < 4.78 is 1.30. The number of nitrogens with one attached hydrogen (secondary N) is 1. The van der Waals surface area contributed by atoms with E-state index in [1.165, 1.54) is 22.2 Å². The van der Waals surface area contributed by atoms with Crippen molar-refractivity contribution in [1.82, 2.24) is 14.5 Å². The van der Waals surface area contributed by atoms with Crippen molar-refractivity contribution in [2.24, 2.45) is 0 Å². The van der Waals surface area contributed by atoms with E-state index in [0.29, 0.717) is 32.9 Å². The van der Waals surface area contributed by atoms with Crippen LogP contribution in [0.25, 0.3) is 10.2 Å². The van der Waals surface area contributed by atoms with Gasteiger partial charge in [0.2, 0.25) is 5.91 Å². The number of likely N-dealkylation sites (N-methyl/N-ethyl adjacent to an activating group) is 1. The van der Waals surface area contributed by atoms with E-state index in [-0.39, 0.29) is 23.9 Å². The number of amides is 2. The Hall–Kier alpha value is -3.78. The summed E-state index contributed by atoms with van der Waals surface area (Å²) >= 11 is 1.17. The molecule has 2 amide bonds. The summed E-state index contributed by atoms with van der Waals surface area (Å²) in [6, 6.07) is 18.8. The van der Waals surface area contributed by atoms with Crippen LogP contribution in [0.4, 0.5) is 5.69 Å². The first-order valence-electron chi connectivity index (χ1n) is 10.1. The number of nitrogens with zero attached hydrogens (tertiary/aromatic N) is 3. The summed E-state index contributed by atoms with van der Waals surface area (Å²) in [6.45, 7) is 2.06. The van der Waals surface area contributed by atoms with Crippen molar-refractivity contribution in [3.05, 3.63) is 93.3 Å². The van der Waals surface area contributed by atoms with Gasteiger partial charge in [0.1, 0.15) is 11.4 Å². The Morgan fingerprint density at radius 1 is 1.06 bits per heavy atom. The van der Waals surface area contributed by atoms with Gasteiger partial charge in [-0.1, -0.05) is 48.5 Å². The van der Waals surface area contributed by atoms with Crippen LogP contribution in [0, 0.1) is 6.92 Å². The molecule has 0 atom stereocenters. The van der Waals surface area contributed by atoms with Crippen LogP contribution in [0.2, 0.25) is 0 Å². The van der Waals surface area contributed by atoms with E-state index in [2.05, 4.69) is 10.3 Å². The number of hydrogen-bond donors (Lipinski definition) is 1. The molecule has 0 saturated carbocycles. The molecule has 0 fully saturated rings. The molecule has 162 valence electrons. The fraction of sp³-hybridized carbons (Fsp3) is 0.167. The fourth-order valence-electron chi connectivity index (χ4n) is 3.41. The van der Waals surface area contributed by atoms with Gasteiger partial charge in [-0.25, -0.2) is 4.98 Å². The second-order valence-electron chi connectivity index (χ2n) is 7.47. The van der Waals surface area contributed by atoms with Gasteiger partial charge in [-0.05, 0) is 30.2 Å². The maximum absolute atomic E-state index is 13.1. The largest absolute Gasteiger partial charge is 0.340 e. The van der Waals surface area contributed by atoms with Gasteiger partial charge >= 0.3 is 0 Å². The zero-order chi connectivity index (χ0) is 22.7. The number of aromatic nitrogens is 2. The Morgan fingerprint density at radius 2 is 1.72 bits per heavy atom. The van der Waals surface area contributed by atoms with Crippen molar-refractivity contribution in [1.29, 1.82) is 0 Å². The van der Waals surface area contributed by atoms with Crippen molar-refractivity contribution < 1.29 is 9.59 Å². The van der Waals surface area contributed by atoms with Crippen LogP contribution in [-0.2, 0) is 17.9 Å². The molecule has 2 aromatic heterocycles. The van der Waals surface area contributed by atoms with E-state index in [4.69, 9.17) is 0 Å². The number of hydrogen-bond acceptors (Lipinski definition) is 5. The lowest BCUT2D eigenvalue weighted by Gasteiger charge is -2.17. The van der Waals surface area contributed by atoms with E-state index in [9.17, 15) is 14.4 Å². The second-order valence-corrected chi connectivity index (χ2v) is 8.47. The maximum atomic E-state index is 13.1. The highest BCUT2D eigenvalue weighted by molar-refractivity contribution is 7.20. The first kappa shape index (κ1) is 21.5. The SMILES string of the molecule is Cc1c(C(=O)Nc2ccccc2)sc2ncn(CC(=O)N(C)Cc3ccccc3)c(=O)c12. The highest BCUT2D eigenvalue weighted by Gasteiger charge is 2.20. The van der Waals surface area contributed by atoms with Gasteiger partial charge in [-0.3, -0.25) is 19.0 Å². The molecule has 0 aliphatic rings. The third kappa shape index (κ3) is 4.45. The van der Waals surface area contributed by atoms with Gasteiger partial charge in [0.05, 0.1) is 16.6 Å². The standard InChI is InChI=1S/C24H22N4O3S/c1-16-20-23(32-21(16)22(30)26-18-11-7-4-8-12-18)25-15-28(24(20)31)14-19(29)27(2)13-17-9-5-3-6-10-17/h3-12,15H,13-14H2,1-2H3,(H,26,30). The lowest BCUT2D eigenvalue weighted by molar-refractivity contribution is -0.131. The lowest BCUT2D eigenvalue weighted by atomic mass is 10.2. The number of anilines is 1. The van der Waals surface area contributed by atoms with Crippen molar-refractivity contribution in [2.75, 3.05) is 12.4 Å². The third-order valence-electron chi connectivity index (χ3n) is 5.15. The number of rotatable bonds is 6. The van der Waals surface area contributed by atoms with E-state index in [1.54, 1.807) is 31.0 Å². The summed E-state index contributed by atoms with van der Waals surface area (Å²) in [4.78, 5) is 45.3. The van der Waals surface area contributed by atoms with Crippen molar-refractivity contribution in [3.8, 4) is 0 Å². The molecule has 0 radical (unpaired) electrons. The molecule has 0 aliphatic heterocycles. The molecule has 8 heteroatoms. The van der Waals surface area contributed by atoms with Gasteiger partial charge in [-0.2, -0.15) is 0 Å². The molecule has 0 spiro atoms. The molecule has 2 heterocycles. The molecule has 7 nitrogen and oxygen atoms in total. The highest BCUT2D eigenvalue weighted by atomic mass is 32.1. The van der Waals surface area contributed by atoms with Gasteiger partial charge in [0, 0.05) is 19.3 Å². The minimum atomic E-state index is -0.330. The summed E-state index contributed by atoms with van der Waals surface area (Å²) in [7, 11) is 1.70. The van der Waals surface area contributed by atoms with Crippen LogP contribution in [0.1, 0.15) is 20.8 Å². The summed E-state index contributed by atoms with van der Waals surface area (Å²) in [5, 5.41) is 3.21. The van der Waals surface area contributed by atoms with Crippen LogP contribution in [-0.4, -0.2) is 33.3 Å². The third-order valence-corrected chi connectivity index (χ3v) is 6.35. The average molecular weight is 447 g/mol. The minimum absolute atomic E-state index is 0.119. The number of benzene rings is 2. The van der Waals surface area contributed by atoms with E-state index in [1.807, 2.05) is 48.5 Å². The molecule has 32 heavy (non-hydrogen) atoms. The van der Waals surface area contributed by atoms with E-state index >= 15 is 0 Å². The van der Waals surface area contributed by atoms with Crippen LogP contribution in [0.15, 0.2) is 71.8 Å². The number of carbonyl (C=O) groups excluding carboxylic acids is 2. The van der Waals surface area contributed by atoms with Gasteiger partial charge in [0.15, 0.2) is 0 Å². The van der Waals surface area contributed by atoms with Gasteiger partial charge < -0.3 is 10.2 Å². The molecule has 0 aliphatic carbocycles. The Bertz CT molecular complexity index is 1330. The normalized spacial score (nSPS) is 10.8. The second kappa shape index (κ2) is 9.15. The summed E-state index contributed by atoms with van der Waals surface area (Å²) in [5.41, 5.74) is 1.91. The lowest BCUT2D eigenvalue weighted by Crippen LogP contribution is -2.33. The van der Waals surface area contributed by atoms with Crippen LogP contribution >= 0.6 is 11.3 Å². The number of fused-ring (bicyclic) bond motifs is 1. The van der Waals surface area contributed by atoms with E-state index < -0.39 is 0 Å². The molecule has 4 aromatic rings. The first-order valence-corrected chi connectivity index (χ1v) is 10.9. The molecule has 1 N–H and O–H groups in total. The van der Waals surface area contributed by atoms with Gasteiger partial charge in [-0.15, -0.1) is 11.3 Å². The summed E-state index contributed by atoms with van der Waals surface area (Å²) in [6.07, 6.45) is 1.37. The number of para-hydroxylation sites is 1. The zero-order valence-corrected chi connectivity index (χ0v) is 18.6. The van der Waals surface area contributed by atoms with Crippen molar-refractivity contribution in [2.45, 2.75) is 20.0 Å². The predicted molar refractivity (Wildman–Crippen MR) is 126 cm³/mol. The highest BCUT2D eigenvalue weighted by Crippen LogP contribution is 2.27. The fourth-order valence-corrected chi connectivity index (χ4v) is 4.44. The Morgan fingerprint density at radius 3 is 2.41 bits per heavy atom. The topological polar surface area (TPSA) is 84.3 Å². The summed E-state index contributed by atoms with van der Waals surface area (Å²) in [5.74, 6) is -0.492. The maximum Gasteiger partial charge on any atom is 0.266 e. The molecule has 0 unspecified atom stereocenters. The molecular formula is C24H22N4O3S. The Kier molecular flexibility index (Phi) is 6.13. The van der Waals surface area contributed by atoms with Crippen LogP contribution in [0.3, 0.4) is 0 Å². The Labute approximate surface area is 189 Å². The molecule has 2 aromatic carbocycles. The molecule has 0 saturated heterocycles. The van der Waals surface area contributed by atoms with Crippen LogP contribution < -0.4 is 10.9 Å². The average Bonchev–Trinajstić information content (AvgIpc) is 3.14. The van der Waals surface area contributed by atoms with Crippen LogP contribution in [0.5, 0.6) is 0 Å². The molecular weight excluding hydrogens is 424 g/mol. The quantitative estimate of drug-likeness (QED) is 0.490. The first-order chi connectivity index (χ1) is 15.4. The van der Waals surface area contributed by atoms with E-state index in [0.717, 1.165) is 5.56 Å². The van der Waals surface area contributed by atoms with Gasteiger partial charge in [0.25, 0.3) is 11.5 Å². The number of thiophene rings is 1. The molecule has 4 rings (SSSR count).